The summed E-state index contributed by atoms with van der Waals surface area (Å²) in [6.45, 7) is 3.73. The molecule has 2 rings (SSSR count). The van der Waals surface area contributed by atoms with Crippen molar-refractivity contribution in [3.05, 3.63) is 38.9 Å². The Hall–Kier alpha value is -1.63. The molecule has 0 spiro atoms. The van der Waals surface area contributed by atoms with Crippen LogP contribution in [0.2, 0.25) is 0 Å². The summed E-state index contributed by atoms with van der Waals surface area (Å²) in [5.74, 6) is 1.32. The van der Waals surface area contributed by atoms with Crippen LogP contribution in [0.5, 0.6) is 0 Å². The molecule has 0 bridgehead atoms. The Bertz CT molecular complexity index is 620. The normalized spacial score (nSPS) is 12.4. The van der Waals surface area contributed by atoms with Gasteiger partial charge in [-0.05, 0) is 29.8 Å². The Labute approximate surface area is 112 Å². The van der Waals surface area contributed by atoms with Crippen molar-refractivity contribution >= 4 is 21.6 Å². The highest BCUT2D eigenvalue weighted by Gasteiger charge is 2.14. The second-order valence-corrected chi connectivity index (χ2v) is 4.77. The molecule has 0 saturated heterocycles. The van der Waals surface area contributed by atoms with Gasteiger partial charge in [0.2, 0.25) is 5.89 Å². The fourth-order valence-electron chi connectivity index (χ4n) is 1.48. The van der Waals surface area contributed by atoms with Crippen LogP contribution in [0.25, 0.3) is 0 Å². The fraction of sp³-hybridized carbons (Fsp3) is 0.364. The predicted molar refractivity (Wildman–Crippen MR) is 70.5 cm³/mol. The Morgan fingerprint density at radius 2 is 2.22 bits per heavy atom. The molecule has 1 unspecified atom stereocenters. The number of hydrogen-bond acceptors (Lipinski definition) is 5. The summed E-state index contributed by atoms with van der Waals surface area (Å²) in [4.78, 5) is 15.8. The van der Waals surface area contributed by atoms with Gasteiger partial charge in [0.15, 0.2) is 0 Å². The highest BCUT2D eigenvalue weighted by Crippen LogP contribution is 2.22. The maximum Gasteiger partial charge on any atom is 0.282 e. The van der Waals surface area contributed by atoms with Crippen molar-refractivity contribution < 1.29 is 4.42 Å². The summed E-state index contributed by atoms with van der Waals surface area (Å²) < 4.78 is 7.12. The molecule has 0 radical (unpaired) electrons. The number of nitrogens with zero attached hydrogens (tertiary/aromatic N) is 3. The Morgan fingerprint density at radius 1 is 1.50 bits per heavy atom. The quantitative estimate of drug-likeness (QED) is 0.938. The summed E-state index contributed by atoms with van der Waals surface area (Å²) in [7, 11) is 1.59. The van der Waals surface area contributed by atoms with Gasteiger partial charge in [-0.1, -0.05) is 0 Å². The van der Waals surface area contributed by atoms with Crippen molar-refractivity contribution in [3.8, 4) is 0 Å². The van der Waals surface area contributed by atoms with E-state index in [1.54, 1.807) is 19.4 Å². The minimum absolute atomic E-state index is 0.149. The largest absolute Gasteiger partial charge is 0.444 e. The highest BCUT2D eigenvalue weighted by molar-refractivity contribution is 9.10. The molecule has 0 aliphatic heterocycles. The second-order valence-electron chi connectivity index (χ2n) is 3.98. The molecule has 0 aromatic carbocycles. The highest BCUT2D eigenvalue weighted by atomic mass is 79.9. The summed E-state index contributed by atoms with van der Waals surface area (Å²) in [5, 5.41) is 7.08. The van der Waals surface area contributed by atoms with E-state index < -0.39 is 0 Å². The minimum atomic E-state index is -0.198. The molecule has 18 heavy (non-hydrogen) atoms. The second kappa shape index (κ2) is 4.93. The van der Waals surface area contributed by atoms with Crippen molar-refractivity contribution in [1.82, 2.24) is 14.8 Å². The number of oxazole rings is 1. The Morgan fingerprint density at radius 3 is 2.83 bits per heavy atom. The smallest absolute Gasteiger partial charge is 0.282 e. The summed E-state index contributed by atoms with van der Waals surface area (Å²) in [6.07, 6.45) is 3.24. The molecular formula is C11H13BrN4O2. The van der Waals surface area contributed by atoms with Crippen LogP contribution in [0.15, 0.2) is 26.1 Å². The van der Waals surface area contributed by atoms with Gasteiger partial charge in [0.05, 0.1) is 18.1 Å². The minimum Gasteiger partial charge on any atom is -0.444 e. The number of anilines is 1. The molecule has 2 heterocycles. The van der Waals surface area contributed by atoms with Gasteiger partial charge in [-0.15, -0.1) is 0 Å². The van der Waals surface area contributed by atoms with Crippen LogP contribution in [-0.2, 0) is 7.05 Å². The molecular weight excluding hydrogens is 300 g/mol. The third-order valence-corrected chi connectivity index (χ3v) is 3.23. The standard InChI is InChI=1S/C11H13BrN4O2/c1-6-4-13-10(18-6)7(2)15-8-5-14-16(3)11(17)9(8)12/h4-5,7,15H,1-3H3. The lowest BCUT2D eigenvalue weighted by Crippen LogP contribution is -2.22. The molecule has 0 saturated carbocycles. The van der Waals surface area contributed by atoms with Gasteiger partial charge >= 0.3 is 0 Å². The van der Waals surface area contributed by atoms with Crippen LogP contribution >= 0.6 is 15.9 Å². The number of halogens is 1. The van der Waals surface area contributed by atoms with E-state index in [9.17, 15) is 4.79 Å². The van der Waals surface area contributed by atoms with Crippen LogP contribution < -0.4 is 10.9 Å². The lowest BCUT2D eigenvalue weighted by molar-refractivity contribution is 0.453. The van der Waals surface area contributed by atoms with Gasteiger partial charge in [-0.25, -0.2) is 9.67 Å². The van der Waals surface area contributed by atoms with E-state index in [4.69, 9.17) is 4.42 Å². The van der Waals surface area contributed by atoms with Gasteiger partial charge in [-0.2, -0.15) is 5.10 Å². The fourth-order valence-corrected chi connectivity index (χ4v) is 1.95. The van der Waals surface area contributed by atoms with Crippen molar-refractivity contribution in [1.29, 1.82) is 0 Å². The molecule has 1 N–H and O–H groups in total. The third kappa shape index (κ3) is 2.45. The van der Waals surface area contributed by atoms with Crippen molar-refractivity contribution in [3.63, 3.8) is 0 Å². The summed E-state index contributed by atoms with van der Waals surface area (Å²) in [6, 6.07) is -0.149. The summed E-state index contributed by atoms with van der Waals surface area (Å²) >= 11 is 3.25. The third-order valence-electron chi connectivity index (χ3n) is 2.46. The van der Waals surface area contributed by atoms with Crippen LogP contribution in [0, 0.1) is 6.92 Å². The van der Waals surface area contributed by atoms with Crippen LogP contribution in [-0.4, -0.2) is 14.8 Å². The maximum atomic E-state index is 11.7. The zero-order chi connectivity index (χ0) is 13.3. The molecule has 0 amide bonds. The molecule has 96 valence electrons. The zero-order valence-electron chi connectivity index (χ0n) is 10.3. The predicted octanol–water partition coefficient (Wildman–Crippen LogP) is 2.01. The molecule has 0 aliphatic rings. The van der Waals surface area contributed by atoms with Gasteiger partial charge in [0.1, 0.15) is 16.3 Å². The average Bonchev–Trinajstić information content (AvgIpc) is 2.77. The first kappa shape index (κ1) is 12.8. The van der Waals surface area contributed by atoms with E-state index in [0.717, 1.165) is 5.76 Å². The van der Waals surface area contributed by atoms with Crippen molar-refractivity contribution in [2.75, 3.05) is 5.32 Å². The number of aryl methyl sites for hydroxylation is 2. The van der Waals surface area contributed by atoms with E-state index in [1.807, 2.05) is 13.8 Å². The molecule has 0 aliphatic carbocycles. The number of hydrogen-bond donors (Lipinski definition) is 1. The summed E-state index contributed by atoms with van der Waals surface area (Å²) in [5.41, 5.74) is 0.414. The molecule has 0 fully saturated rings. The lowest BCUT2D eigenvalue weighted by atomic mass is 10.3. The zero-order valence-corrected chi connectivity index (χ0v) is 11.9. The van der Waals surface area contributed by atoms with Crippen molar-refractivity contribution in [2.45, 2.75) is 19.9 Å². The van der Waals surface area contributed by atoms with E-state index >= 15 is 0 Å². The SMILES string of the molecule is Cc1cnc(C(C)Nc2cnn(C)c(=O)c2Br)o1. The van der Waals surface area contributed by atoms with E-state index in [2.05, 4.69) is 31.3 Å². The number of nitrogens with one attached hydrogen (secondary N) is 1. The van der Waals surface area contributed by atoms with Gasteiger partial charge < -0.3 is 9.73 Å². The van der Waals surface area contributed by atoms with Crippen LogP contribution in [0.4, 0.5) is 5.69 Å². The van der Waals surface area contributed by atoms with Crippen LogP contribution in [0.1, 0.15) is 24.6 Å². The van der Waals surface area contributed by atoms with E-state index in [1.165, 1.54) is 4.68 Å². The van der Waals surface area contributed by atoms with Crippen molar-refractivity contribution in [2.24, 2.45) is 7.05 Å². The molecule has 1 atom stereocenters. The molecule has 2 aromatic rings. The lowest BCUT2D eigenvalue weighted by Gasteiger charge is -2.13. The van der Waals surface area contributed by atoms with Crippen LogP contribution in [0.3, 0.4) is 0 Å². The maximum absolute atomic E-state index is 11.7. The monoisotopic (exact) mass is 312 g/mol. The number of rotatable bonds is 3. The van der Waals surface area contributed by atoms with E-state index in [0.29, 0.717) is 16.1 Å². The van der Waals surface area contributed by atoms with Gasteiger partial charge in [0, 0.05) is 7.05 Å². The average molecular weight is 313 g/mol. The first-order chi connectivity index (χ1) is 8.49. The molecule has 6 nitrogen and oxygen atoms in total. The Kier molecular flexibility index (Phi) is 3.51. The first-order valence-electron chi connectivity index (χ1n) is 5.39. The van der Waals surface area contributed by atoms with E-state index in [-0.39, 0.29) is 11.6 Å². The number of aromatic nitrogens is 3. The Balaban J connectivity index is 2.25. The van der Waals surface area contributed by atoms with Gasteiger partial charge in [0.25, 0.3) is 5.56 Å². The molecule has 7 heteroatoms. The molecule has 2 aromatic heterocycles. The topological polar surface area (TPSA) is 73.0 Å². The first-order valence-corrected chi connectivity index (χ1v) is 6.19. The van der Waals surface area contributed by atoms with Gasteiger partial charge in [-0.3, -0.25) is 4.79 Å².